The molecule has 0 aliphatic carbocycles. The topological polar surface area (TPSA) is 106 Å². The largest absolute Gasteiger partial charge is 0.325 e. The van der Waals surface area contributed by atoms with Crippen molar-refractivity contribution in [2.45, 2.75) is 0 Å². The van der Waals surface area contributed by atoms with Crippen LogP contribution in [0.15, 0.2) is 24.3 Å². The molecule has 0 radical (unpaired) electrons. The zero-order chi connectivity index (χ0) is 14.5. The molecule has 1 aromatic carbocycles. The third-order valence-corrected chi connectivity index (χ3v) is 3.32. The number of amides is 1. The summed E-state index contributed by atoms with van der Waals surface area (Å²) in [5.41, 5.74) is 0.143. The molecular weight excluding hydrogens is 272 g/mol. The van der Waals surface area contributed by atoms with Crippen molar-refractivity contribution >= 4 is 27.1 Å². The molecule has 0 unspecified atom stereocenters. The number of rotatable bonds is 5. The summed E-state index contributed by atoms with van der Waals surface area (Å²) < 4.78 is 22.6. The Morgan fingerprint density at radius 3 is 2.42 bits per heavy atom. The highest BCUT2D eigenvalue weighted by atomic mass is 32.2. The van der Waals surface area contributed by atoms with Gasteiger partial charge >= 0.3 is 0 Å². The van der Waals surface area contributed by atoms with Crippen molar-refractivity contribution in [2.24, 2.45) is 0 Å². The Morgan fingerprint density at radius 2 is 1.95 bits per heavy atom. The monoisotopic (exact) mass is 282 g/mol. The summed E-state index contributed by atoms with van der Waals surface area (Å²) in [7, 11) is -3.63. The number of carbonyl (C=O) groups is 1. The molecule has 7 nitrogen and oxygen atoms in total. The molecule has 0 aliphatic rings. The minimum absolute atomic E-state index is 0.127. The van der Waals surface area contributed by atoms with Gasteiger partial charge < -0.3 is 5.32 Å². The maximum atomic E-state index is 11.4. The van der Waals surface area contributed by atoms with Crippen LogP contribution in [-0.4, -0.2) is 30.8 Å². The molecule has 1 rings (SSSR count). The van der Waals surface area contributed by atoms with Gasteiger partial charge in [0.25, 0.3) is 5.69 Å². The van der Waals surface area contributed by atoms with Gasteiger partial charge in [-0.1, -0.05) is 5.92 Å². The van der Waals surface area contributed by atoms with Gasteiger partial charge in [-0.05, 0) is 12.1 Å². The molecule has 0 heterocycles. The fourth-order valence-electron chi connectivity index (χ4n) is 1.24. The minimum atomic E-state index is -3.63. The van der Waals surface area contributed by atoms with Gasteiger partial charge in [0.15, 0.2) is 9.84 Å². The summed E-state index contributed by atoms with van der Waals surface area (Å²) >= 11 is 0. The maximum absolute atomic E-state index is 11.4. The van der Waals surface area contributed by atoms with Gasteiger partial charge in [0.05, 0.1) is 4.92 Å². The van der Waals surface area contributed by atoms with E-state index < -0.39 is 32.2 Å². The van der Waals surface area contributed by atoms with E-state index in [0.717, 1.165) is 0 Å². The van der Waals surface area contributed by atoms with Crippen LogP contribution in [0.2, 0.25) is 0 Å². The van der Waals surface area contributed by atoms with Crippen molar-refractivity contribution in [1.29, 1.82) is 0 Å². The number of terminal acetylenes is 1. The summed E-state index contributed by atoms with van der Waals surface area (Å²) in [6, 6.07) is 5.02. The van der Waals surface area contributed by atoms with Crippen LogP contribution >= 0.6 is 0 Å². The number of anilines is 1. The third-order valence-electron chi connectivity index (χ3n) is 2.02. The van der Waals surface area contributed by atoms with Crippen LogP contribution in [0.3, 0.4) is 0 Å². The Kier molecular flexibility index (Phi) is 4.61. The lowest BCUT2D eigenvalue weighted by Crippen LogP contribution is -2.24. The first kappa shape index (κ1) is 14.7. The second-order valence-corrected chi connectivity index (χ2v) is 5.65. The van der Waals surface area contributed by atoms with Crippen LogP contribution in [0.4, 0.5) is 11.4 Å². The predicted octanol–water partition coefficient (Wildman–Crippen LogP) is 0.581. The summed E-state index contributed by atoms with van der Waals surface area (Å²) in [6.07, 6.45) is 4.86. The average molecular weight is 282 g/mol. The quantitative estimate of drug-likeness (QED) is 0.483. The summed E-state index contributed by atoms with van der Waals surface area (Å²) in [5, 5.41) is 12.7. The molecule has 0 fully saturated rings. The number of nitro groups is 1. The number of carbonyl (C=O) groups excluding carboxylic acids is 1. The van der Waals surface area contributed by atoms with Crippen LogP contribution in [0.25, 0.3) is 0 Å². The van der Waals surface area contributed by atoms with Gasteiger partial charge in [-0.3, -0.25) is 14.9 Å². The van der Waals surface area contributed by atoms with Gasteiger partial charge in [-0.15, -0.1) is 6.42 Å². The summed E-state index contributed by atoms with van der Waals surface area (Å²) in [4.78, 5) is 21.3. The standard InChI is InChI=1S/C11H10N2O5S/c1-2-7-19(17,18)8-11(14)12-9-3-5-10(6-4-9)13(15)16/h1,3-6H,7-8H2,(H,12,14). The molecule has 100 valence electrons. The Balaban J connectivity index is 2.68. The Hall–Kier alpha value is -2.40. The van der Waals surface area contributed by atoms with E-state index in [-0.39, 0.29) is 11.4 Å². The van der Waals surface area contributed by atoms with Crippen LogP contribution in [0.1, 0.15) is 0 Å². The number of nitrogens with zero attached hydrogens (tertiary/aromatic N) is 1. The number of sulfone groups is 1. The highest BCUT2D eigenvalue weighted by molar-refractivity contribution is 7.92. The molecule has 1 amide bonds. The first-order valence-electron chi connectivity index (χ1n) is 5.02. The van der Waals surface area contributed by atoms with E-state index in [2.05, 4.69) is 5.32 Å². The second kappa shape index (κ2) is 5.97. The Bertz CT molecular complexity index is 628. The molecule has 19 heavy (non-hydrogen) atoms. The molecule has 1 N–H and O–H groups in total. The van der Waals surface area contributed by atoms with E-state index >= 15 is 0 Å². The van der Waals surface area contributed by atoms with Gasteiger partial charge in [-0.25, -0.2) is 8.42 Å². The highest BCUT2D eigenvalue weighted by Gasteiger charge is 2.15. The van der Waals surface area contributed by atoms with Crippen molar-refractivity contribution < 1.29 is 18.1 Å². The predicted molar refractivity (Wildman–Crippen MR) is 69.2 cm³/mol. The van der Waals surface area contributed by atoms with E-state index in [4.69, 9.17) is 6.42 Å². The molecule has 0 saturated heterocycles. The molecule has 8 heteroatoms. The smallest absolute Gasteiger partial charge is 0.269 e. The number of nitrogens with one attached hydrogen (secondary N) is 1. The number of nitro benzene ring substituents is 1. The van der Waals surface area contributed by atoms with E-state index in [1.54, 1.807) is 0 Å². The fraction of sp³-hybridized carbons (Fsp3) is 0.182. The number of hydrogen-bond acceptors (Lipinski definition) is 5. The average Bonchev–Trinajstić information content (AvgIpc) is 2.28. The molecule has 0 aliphatic heterocycles. The molecule has 0 saturated carbocycles. The van der Waals surface area contributed by atoms with E-state index in [0.29, 0.717) is 0 Å². The number of hydrogen-bond donors (Lipinski definition) is 1. The minimum Gasteiger partial charge on any atom is -0.325 e. The van der Waals surface area contributed by atoms with Gasteiger partial charge in [0.2, 0.25) is 5.91 Å². The van der Waals surface area contributed by atoms with E-state index in [9.17, 15) is 23.3 Å². The fourth-order valence-corrected chi connectivity index (χ4v) is 2.07. The molecule has 1 aromatic rings. The molecule has 0 spiro atoms. The van der Waals surface area contributed by atoms with Crippen LogP contribution < -0.4 is 5.32 Å². The van der Waals surface area contributed by atoms with Crippen LogP contribution in [0.5, 0.6) is 0 Å². The van der Waals surface area contributed by atoms with Crippen LogP contribution in [0, 0.1) is 22.5 Å². The first-order chi connectivity index (χ1) is 8.84. The first-order valence-corrected chi connectivity index (χ1v) is 6.84. The lowest BCUT2D eigenvalue weighted by molar-refractivity contribution is -0.384. The van der Waals surface area contributed by atoms with Crippen molar-refractivity contribution in [2.75, 3.05) is 16.8 Å². The summed E-state index contributed by atoms with van der Waals surface area (Å²) in [6.45, 7) is 0. The number of benzene rings is 1. The molecule has 0 aromatic heterocycles. The van der Waals surface area contributed by atoms with Crippen molar-refractivity contribution in [3.8, 4) is 12.3 Å². The Labute approximate surface area is 109 Å². The third kappa shape index (κ3) is 4.77. The Morgan fingerprint density at radius 1 is 1.37 bits per heavy atom. The van der Waals surface area contributed by atoms with Gasteiger partial charge in [0, 0.05) is 17.8 Å². The number of non-ortho nitro benzene ring substituents is 1. The lowest BCUT2D eigenvalue weighted by atomic mass is 10.3. The van der Waals surface area contributed by atoms with Crippen molar-refractivity contribution in [1.82, 2.24) is 0 Å². The lowest BCUT2D eigenvalue weighted by Gasteiger charge is -2.04. The zero-order valence-electron chi connectivity index (χ0n) is 9.70. The van der Waals surface area contributed by atoms with Gasteiger partial charge in [0.1, 0.15) is 11.5 Å². The van der Waals surface area contributed by atoms with E-state index in [1.165, 1.54) is 24.3 Å². The van der Waals surface area contributed by atoms with Crippen molar-refractivity contribution in [3.63, 3.8) is 0 Å². The molecule has 0 bridgehead atoms. The van der Waals surface area contributed by atoms with E-state index in [1.807, 2.05) is 5.92 Å². The zero-order valence-corrected chi connectivity index (χ0v) is 10.5. The molecule has 0 atom stereocenters. The van der Waals surface area contributed by atoms with Crippen LogP contribution in [-0.2, 0) is 14.6 Å². The second-order valence-electron chi connectivity index (χ2n) is 3.59. The molecular formula is C11H10N2O5S. The van der Waals surface area contributed by atoms with Gasteiger partial charge in [-0.2, -0.15) is 0 Å². The highest BCUT2D eigenvalue weighted by Crippen LogP contribution is 2.15. The SMILES string of the molecule is C#CCS(=O)(=O)CC(=O)Nc1ccc([N+](=O)[O-])cc1. The normalized spacial score (nSPS) is 10.5. The summed E-state index contributed by atoms with van der Waals surface area (Å²) in [5.74, 6) is -0.0332. The van der Waals surface area contributed by atoms with Crippen molar-refractivity contribution in [3.05, 3.63) is 34.4 Å². The maximum Gasteiger partial charge on any atom is 0.269 e.